The summed E-state index contributed by atoms with van der Waals surface area (Å²) in [7, 11) is 2.45. The lowest BCUT2D eigenvalue weighted by Crippen LogP contribution is -2.39. The minimum absolute atomic E-state index is 0.258. The van der Waals surface area contributed by atoms with Crippen molar-refractivity contribution in [2.24, 2.45) is 11.8 Å². The van der Waals surface area contributed by atoms with Crippen LogP contribution >= 0.6 is 11.8 Å². The van der Waals surface area contributed by atoms with Gasteiger partial charge in [-0.25, -0.2) is 0 Å². The molecule has 26 heavy (non-hydrogen) atoms. The maximum atomic E-state index is 12.8. The summed E-state index contributed by atoms with van der Waals surface area (Å²) in [5.74, 6) is -3.71. The van der Waals surface area contributed by atoms with Gasteiger partial charge in [-0.2, -0.15) is 0 Å². The fourth-order valence-electron chi connectivity index (χ4n) is 3.04. The molecule has 0 saturated heterocycles. The Morgan fingerprint density at radius 1 is 1.00 bits per heavy atom. The smallest absolute Gasteiger partial charge is 0.317 e. The number of ether oxygens (including phenoxy) is 2. The summed E-state index contributed by atoms with van der Waals surface area (Å²) in [6.45, 7) is 0. The molecule has 0 saturated carbocycles. The Labute approximate surface area is 155 Å². The zero-order valence-corrected chi connectivity index (χ0v) is 15.2. The van der Waals surface area contributed by atoms with Crippen molar-refractivity contribution in [3.63, 3.8) is 0 Å². The van der Waals surface area contributed by atoms with E-state index in [0.717, 1.165) is 15.7 Å². The van der Waals surface area contributed by atoms with Crippen molar-refractivity contribution in [1.29, 1.82) is 0 Å². The molecule has 2 aromatic carbocycles. The fourth-order valence-corrected chi connectivity index (χ4v) is 4.02. The first-order valence-corrected chi connectivity index (χ1v) is 8.93. The number of allylic oxidation sites excluding steroid dienone is 2. The van der Waals surface area contributed by atoms with Crippen LogP contribution in [0.2, 0.25) is 0 Å². The average molecular weight is 370 g/mol. The van der Waals surface area contributed by atoms with Crippen LogP contribution < -0.4 is 0 Å². The number of ketones is 1. The molecule has 1 aliphatic rings. The Morgan fingerprint density at radius 3 is 2.38 bits per heavy atom. The molecular formula is C20H18O5S. The molecule has 134 valence electrons. The third-order valence-electron chi connectivity index (χ3n) is 4.39. The Morgan fingerprint density at radius 2 is 1.69 bits per heavy atom. The van der Waals surface area contributed by atoms with E-state index < -0.39 is 29.6 Å². The number of benzene rings is 2. The van der Waals surface area contributed by atoms with Crippen molar-refractivity contribution < 1.29 is 23.9 Å². The second kappa shape index (κ2) is 7.74. The summed E-state index contributed by atoms with van der Waals surface area (Å²) in [6, 6.07) is 13.9. The van der Waals surface area contributed by atoms with Gasteiger partial charge in [0.1, 0.15) is 5.92 Å². The normalized spacial score (nSPS) is 19.8. The predicted octanol–water partition coefficient (Wildman–Crippen LogP) is 3.37. The van der Waals surface area contributed by atoms with E-state index in [9.17, 15) is 14.4 Å². The number of Topliss-reactive ketones (excluding diaryl/α,β-unsaturated/α-hetero) is 1. The molecule has 2 aromatic rings. The van der Waals surface area contributed by atoms with E-state index in [2.05, 4.69) is 0 Å². The Balaban J connectivity index is 1.89. The first-order valence-electron chi connectivity index (χ1n) is 8.12. The molecule has 0 fully saturated rings. The Bertz CT molecular complexity index is 902. The van der Waals surface area contributed by atoms with E-state index in [1.165, 1.54) is 26.0 Å². The number of thioether (sulfide) groups is 1. The van der Waals surface area contributed by atoms with Gasteiger partial charge in [0.05, 0.1) is 25.0 Å². The SMILES string of the molecule is COC(=O)[C@@H]1C(=O)C(Sc2ccc3ccccc3c2)=CC[C@H]1C(=O)OC. The lowest BCUT2D eigenvalue weighted by atomic mass is 9.82. The number of esters is 2. The Hall–Kier alpha value is -2.60. The zero-order valence-electron chi connectivity index (χ0n) is 14.4. The quantitative estimate of drug-likeness (QED) is 0.607. The topological polar surface area (TPSA) is 69.7 Å². The molecule has 0 aliphatic heterocycles. The highest BCUT2D eigenvalue weighted by atomic mass is 32.2. The van der Waals surface area contributed by atoms with Crippen LogP contribution in [0.1, 0.15) is 6.42 Å². The number of methoxy groups -OCH3 is 2. The number of hydrogen-bond donors (Lipinski definition) is 0. The highest BCUT2D eigenvalue weighted by Gasteiger charge is 2.44. The van der Waals surface area contributed by atoms with Crippen LogP contribution in [0.4, 0.5) is 0 Å². The van der Waals surface area contributed by atoms with E-state index >= 15 is 0 Å². The molecule has 0 aromatic heterocycles. The van der Waals surface area contributed by atoms with Crippen LogP contribution in [0.15, 0.2) is 58.3 Å². The first kappa shape index (κ1) is 18.2. The third-order valence-corrected chi connectivity index (χ3v) is 5.47. The number of rotatable bonds is 4. The van der Waals surface area contributed by atoms with Crippen molar-refractivity contribution in [1.82, 2.24) is 0 Å². The molecule has 0 spiro atoms. The lowest BCUT2D eigenvalue weighted by molar-refractivity contribution is -0.160. The second-order valence-electron chi connectivity index (χ2n) is 5.91. The fraction of sp³-hybridized carbons (Fsp3) is 0.250. The molecule has 1 aliphatic carbocycles. The summed E-state index contributed by atoms with van der Waals surface area (Å²) in [6.07, 6.45) is 1.96. The summed E-state index contributed by atoms with van der Waals surface area (Å²) in [5.41, 5.74) is 0. The standard InChI is InChI=1S/C20H18O5S/c1-24-19(22)15-9-10-16(18(21)17(15)20(23)25-2)26-14-8-7-12-5-3-4-6-13(12)11-14/h3-8,10-11,15,17H,9H2,1-2H3/t15-,17+/m1/s1. The van der Waals surface area contributed by atoms with Crippen LogP contribution in [-0.2, 0) is 23.9 Å². The van der Waals surface area contributed by atoms with Gasteiger partial charge in [-0.05, 0) is 29.3 Å². The van der Waals surface area contributed by atoms with Gasteiger partial charge >= 0.3 is 11.9 Å². The average Bonchev–Trinajstić information content (AvgIpc) is 2.68. The van der Waals surface area contributed by atoms with Gasteiger partial charge in [0, 0.05) is 4.90 Å². The van der Waals surface area contributed by atoms with Crippen LogP contribution in [0.5, 0.6) is 0 Å². The number of hydrogen-bond acceptors (Lipinski definition) is 6. The predicted molar refractivity (Wildman–Crippen MR) is 98.5 cm³/mol. The van der Waals surface area contributed by atoms with Crippen molar-refractivity contribution >= 4 is 40.3 Å². The minimum Gasteiger partial charge on any atom is -0.469 e. The maximum Gasteiger partial charge on any atom is 0.317 e. The third kappa shape index (κ3) is 3.51. The van der Waals surface area contributed by atoms with Crippen molar-refractivity contribution in [3.05, 3.63) is 53.4 Å². The molecule has 0 amide bonds. The molecule has 0 unspecified atom stereocenters. The van der Waals surface area contributed by atoms with E-state index in [1.54, 1.807) is 6.08 Å². The van der Waals surface area contributed by atoms with Gasteiger partial charge in [-0.3, -0.25) is 14.4 Å². The van der Waals surface area contributed by atoms with Crippen molar-refractivity contribution in [3.8, 4) is 0 Å². The van der Waals surface area contributed by atoms with E-state index in [1.807, 2.05) is 42.5 Å². The molecule has 6 heteroatoms. The van der Waals surface area contributed by atoms with Crippen molar-refractivity contribution in [2.45, 2.75) is 11.3 Å². The molecule has 3 rings (SSSR count). The van der Waals surface area contributed by atoms with E-state index in [4.69, 9.17) is 9.47 Å². The summed E-state index contributed by atoms with van der Waals surface area (Å²) >= 11 is 1.29. The largest absolute Gasteiger partial charge is 0.469 e. The van der Waals surface area contributed by atoms with E-state index in [0.29, 0.717) is 4.91 Å². The zero-order chi connectivity index (χ0) is 18.7. The van der Waals surface area contributed by atoms with Gasteiger partial charge in [-0.1, -0.05) is 48.2 Å². The summed E-state index contributed by atoms with van der Waals surface area (Å²) in [5, 5.41) is 2.18. The first-order chi connectivity index (χ1) is 12.5. The lowest BCUT2D eigenvalue weighted by Gasteiger charge is -2.26. The highest BCUT2D eigenvalue weighted by Crippen LogP contribution is 2.38. The molecule has 5 nitrogen and oxygen atoms in total. The van der Waals surface area contributed by atoms with Gasteiger partial charge in [0.15, 0.2) is 5.78 Å². The van der Waals surface area contributed by atoms with Gasteiger partial charge in [0.2, 0.25) is 0 Å². The molecule has 2 atom stereocenters. The van der Waals surface area contributed by atoms with Crippen molar-refractivity contribution in [2.75, 3.05) is 14.2 Å². The van der Waals surface area contributed by atoms with E-state index in [-0.39, 0.29) is 6.42 Å². The highest BCUT2D eigenvalue weighted by molar-refractivity contribution is 8.04. The van der Waals surface area contributed by atoms with Crippen LogP contribution in [0.25, 0.3) is 10.8 Å². The molecule has 0 bridgehead atoms. The monoisotopic (exact) mass is 370 g/mol. The number of carbonyl (C=O) groups excluding carboxylic acids is 3. The van der Waals surface area contributed by atoms with Crippen LogP contribution in [0, 0.1) is 11.8 Å². The summed E-state index contributed by atoms with van der Waals surface area (Å²) < 4.78 is 9.47. The second-order valence-corrected chi connectivity index (χ2v) is 7.03. The molecule has 0 N–H and O–H groups in total. The summed E-state index contributed by atoms with van der Waals surface area (Å²) in [4.78, 5) is 38.2. The van der Waals surface area contributed by atoms with Gasteiger partial charge in [-0.15, -0.1) is 0 Å². The Kier molecular flexibility index (Phi) is 5.42. The molecule has 0 heterocycles. The van der Waals surface area contributed by atoms with Gasteiger partial charge < -0.3 is 9.47 Å². The van der Waals surface area contributed by atoms with Gasteiger partial charge in [0.25, 0.3) is 0 Å². The maximum absolute atomic E-state index is 12.8. The van der Waals surface area contributed by atoms with Crippen LogP contribution in [0.3, 0.4) is 0 Å². The number of fused-ring (bicyclic) bond motifs is 1. The minimum atomic E-state index is -1.17. The molecular weight excluding hydrogens is 352 g/mol. The number of carbonyl (C=O) groups is 3. The van der Waals surface area contributed by atoms with Crippen LogP contribution in [-0.4, -0.2) is 31.9 Å². The molecule has 0 radical (unpaired) electrons.